The van der Waals surface area contributed by atoms with Crippen LogP contribution in [-0.4, -0.2) is 14.6 Å². The van der Waals surface area contributed by atoms with E-state index in [1.165, 1.54) is 0 Å². The van der Waals surface area contributed by atoms with Gasteiger partial charge in [-0.3, -0.25) is 0 Å². The highest BCUT2D eigenvalue weighted by Crippen LogP contribution is 2.19. The molecule has 104 valence electrons. The van der Waals surface area contributed by atoms with E-state index in [1.807, 2.05) is 48.7 Å². The number of aromatic nitrogens is 3. The molecule has 3 heteroatoms. The van der Waals surface area contributed by atoms with Gasteiger partial charge in [-0.2, -0.15) is 5.10 Å². The summed E-state index contributed by atoms with van der Waals surface area (Å²) in [6.45, 7) is 6.33. The number of pyridine rings is 1. The molecule has 0 aliphatic heterocycles. The van der Waals surface area contributed by atoms with Crippen LogP contribution in [0.3, 0.4) is 0 Å². The molecule has 2 heterocycles. The molecular formula is C18H17N3. The number of hydrogen-bond acceptors (Lipinski definition) is 2. The number of fused-ring (bicyclic) bond motifs is 1. The van der Waals surface area contributed by atoms with Crippen molar-refractivity contribution in [2.24, 2.45) is 0 Å². The average molecular weight is 275 g/mol. The Morgan fingerprint density at radius 2 is 1.62 bits per heavy atom. The highest BCUT2D eigenvalue weighted by Gasteiger charge is 2.19. The summed E-state index contributed by atoms with van der Waals surface area (Å²) in [5, 5.41) is 4.54. The van der Waals surface area contributed by atoms with Gasteiger partial charge in [0.25, 0.3) is 0 Å². The number of nitrogens with zero attached hydrogens (tertiary/aromatic N) is 3. The molecule has 0 spiro atoms. The van der Waals surface area contributed by atoms with Crippen molar-refractivity contribution < 1.29 is 0 Å². The van der Waals surface area contributed by atoms with Crippen LogP contribution in [0, 0.1) is 11.8 Å². The van der Waals surface area contributed by atoms with E-state index in [9.17, 15) is 0 Å². The standard InChI is InChI=1S/C18H17N3/c1-18(2,3)17-19-16-12-11-15(13-21(16)20-17)10-9-14-7-5-4-6-8-14/h4-8,11-13H,1-3H3. The van der Waals surface area contributed by atoms with Crippen LogP contribution in [0.2, 0.25) is 0 Å². The van der Waals surface area contributed by atoms with Crippen LogP contribution in [-0.2, 0) is 5.41 Å². The minimum Gasteiger partial charge on any atom is -0.220 e. The van der Waals surface area contributed by atoms with E-state index in [2.05, 4.69) is 42.7 Å². The summed E-state index contributed by atoms with van der Waals surface area (Å²) in [6, 6.07) is 13.9. The first-order valence-corrected chi connectivity index (χ1v) is 6.96. The monoisotopic (exact) mass is 275 g/mol. The third-order valence-electron chi connectivity index (χ3n) is 3.13. The molecule has 0 saturated carbocycles. The second-order valence-electron chi connectivity index (χ2n) is 6.02. The van der Waals surface area contributed by atoms with Crippen LogP contribution in [0.4, 0.5) is 0 Å². The van der Waals surface area contributed by atoms with E-state index in [4.69, 9.17) is 0 Å². The topological polar surface area (TPSA) is 30.2 Å². The van der Waals surface area contributed by atoms with Crippen molar-refractivity contribution in [1.82, 2.24) is 14.6 Å². The largest absolute Gasteiger partial charge is 0.220 e. The fourth-order valence-electron chi connectivity index (χ4n) is 1.94. The molecule has 0 saturated heterocycles. The Morgan fingerprint density at radius 3 is 2.33 bits per heavy atom. The van der Waals surface area contributed by atoms with Gasteiger partial charge < -0.3 is 0 Å². The van der Waals surface area contributed by atoms with Gasteiger partial charge in [-0.1, -0.05) is 50.8 Å². The molecule has 0 atom stereocenters. The second-order valence-corrected chi connectivity index (χ2v) is 6.02. The summed E-state index contributed by atoms with van der Waals surface area (Å²) in [5.41, 5.74) is 2.73. The first kappa shape index (κ1) is 13.4. The van der Waals surface area contributed by atoms with Crippen molar-refractivity contribution in [2.75, 3.05) is 0 Å². The molecule has 21 heavy (non-hydrogen) atoms. The van der Waals surface area contributed by atoms with Crippen molar-refractivity contribution in [2.45, 2.75) is 26.2 Å². The van der Waals surface area contributed by atoms with Gasteiger partial charge in [-0.15, -0.1) is 0 Å². The molecule has 0 radical (unpaired) electrons. The third kappa shape index (κ3) is 2.95. The summed E-state index contributed by atoms with van der Waals surface area (Å²) in [6.07, 6.45) is 1.92. The maximum Gasteiger partial charge on any atom is 0.157 e. The highest BCUT2D eigenvalue weighted by molar-refractivity contribution is 5.46. The van der Waals surface area contributed by atoms with E-state index >= 15 is 0 Å². The second kappa shape index (κ2) is 5.06. The Kier molecular flexibility index (Phi) is 3.23. The summed E-state index contributed by atoms with van der Waals surface area (Å²) in [7, 11) is 0. The lowest BCUT2D eigenvalue weighted by molar-refractivity contribution is 0.545. The highest BCUT2D eigenvalue weighted by atomic mass is 15.3. The summed E-state index contributed by atoms with van der Waals surface area (Å²) >= 11 is 0. The van der Waals surface area contributed by atoms with Gasteiger partial charge >= 0.3 is 0 Å². The van der Waals surface area contributed by atoms with Gasteiger partial charge in [0.15, 0.2) is 11.5 Å². The van der Waals surface area contributed by atoms with Crippen LogP contribution >= 0.6 is 0 Å². The molecule has 3 rings (SSSR count). The zero-order valence-corrected chi connectivity index (χ0v) is 12.5. The molecule has 3 nitrogen and oxygen atoms in total. The summed E-state index contributed by atoms with van der Waals surface area (Å²) in [5.74, 6) is 7.16. The Morgan fingerprint density at radius 1 is 0.905 bits per heavy atom. The molecule has 1 aromatic carbocycles. The predicted molar refractivity (Wildman–Crippen MR) is 84.1 cm³/mol. The third-order valence-corrected chi connectivity index (χ3v) is 3.13. The van der Waals surface area contributed by atoms with Crippen molar-refractivity contribution in [3.8, 4) is 11.8 Å². The lowest BCUT2D eigenvalue weighted by atomic mass is 9.96. The molecule has 0 N–H and O–H groups in total. The molecule has 3 aromatic rings. The SMILES string of the molecule is CC(C)(C)c1nc2ccc(C#Cc3ccccc3)cn2n1. The Balaban J connectivity index is 1.97. The van der Waals surface area contributed by atoms with E-state index in [1.54, 1.807) is 4.52 Å². The molecule has 0 aliphatic carbocycles. The van der Waals surface area contributed by atoms with Crippen molar-refractivity contribution in [3.63, 3.8) is 0 Å². The zero-order chi connectivity index (χ0) is 14.9. The van der Waals surface area contributed by atoms with Gasteiger partial charge in [0.05, 0.1) is 0 Å². The summed E-state index contributed by atoms with van der Waals surface area (Å²) < 4.78 is 1.80. The van der Waals surface area contributed by atoms with Crippen LogP contribution in [0.15, 0.2) is 48.7 Å². The van der Waals surface area contributed by atoms with Crippen LogP contribution in [0.25, 0.3) is 5.65 Å². The van der Waals surface area contributed by atoms with Crippen molar-refractivity contribution >= 4 is 5.65 Å². The minimum absolute atomic E-state index is 0.0537. The number of benzene rings is 1. The molecular weight excluding hydrogens is 258 g/mol. The van der Waals surface area contributed by atoms with Gasteiger partial charge in [-0.25, -0.2) is 9.50 Å². The molecule has 0 aliphatic rings. The lowest BCUT2D eigenvalue weighted by Crippen LogP contribution is -2.13. The van der Waals surface area contributed by atoms with Crippen LogP contribution in [0.5, 0.6) is 0 Å². The number of hydrogen-bond donors (Lipinski definition) is 0. The van der Waals surface area contributed by atoms with Gasteiger partial charge in [-0.05, 0) is 24.3 Å². The Bertz CT molecular complexity index is 828. The van der Waals surface area contributed by atoms with E-state index < -0.39 is 0 Å². The van der Waals surface area contributed by atoms with Crippen molar-refractivity contribution in [3.05, 3.63) is 65.6 Å². The Hall–Kier alpha value is -2.60. The predicted octanol–water partition coefficient (Wildman–Crippen LogP) is 3.43. The maximum absolute atomic E-state index is 4.55. The molecule has 0 amide bonds. The van der Waals surface area contributed by atoms with E-state index in [0.717, 1.165) is 22.6 Å². The van der Waals surface area contributed by atoms with E-state index in [-0.39, 0.29) is 5.41 Å². The van der Waals surface area contributed by atoms with Gasteiger partial charge in [0.2, 0.25) is 0 Å². The normalized spacial score (nSPS) is 11.2. The smallest absolute Gasteiger partial charge is 0.157 e. The maximum atomic E-state index is 4.55. The zero-order valence-electron chi connectivity index (χ0n) is 12.5. The number of rotatable bonds is 0. The minimum atomic E-state index is -0.0537. The first-order valence-electron chi connectivity index (χ1n) is 6.96. The average Bonchev–Trinajstić information content (AvgIpc) is 2.89. The van der Waals surface area contributed by atoms with Crippen LogP contribution in [0.1, 0.15) is 37.7 Å². The van der Waals surface area contributed by atoms with Crippen molar-refractivity contribution in [1.29, 1.82) is 0 Å². The summed E-state index contributed by atoms with van der Waals surface area (Å²) in [4.78, 5) is 4.55. The quantitative estimate of drug-likeness (QED) is 0.588. The van der Waals surface area contributed by atoms with Gasteiger partial charge in [0, 0.05) is 22.7 Å². The van der Waals surface area contributed by atoms with Gasteiger partial charge in [0.1, 0.15) is 0 Å². The molecule has 2 aromatic heterocycles. The Labute approximate surface area is 124 Å². The van der Waals surface area contributed by atoms with E-state index in [0.29, 0.717) is 0 Å². The fraction of sp³-hybridized carbons (Fsp3) is 0.222. The molecule has 0 bridgehead atoms. The molecule has 0 unspecified atom stereocenters. The first-order chi connectivity index (χ1) is 10.0. The van der Waals surface area contributed by atoms with Crippen LogP contribution < -0.4 is 0 Å². The lowest BCUT2D eigenvalue weighted by Gasteiger charge is -2.11. The molecule has 0 fully saturated rings. The fourth-order valence-corrected chi connectivity index (χ4v) is 1.94.